The lowest BCUT2D eigenvalue weighted by Crippen LogP contribution is -2.43. The van der Waals surface area contributed by atoms with Gasteiger partial charge in [0.15, 0.2) is 18.1 Å². The van der Waals surface area contributed by atoms with Crippen LogP contribution in [-0.2, 0) is 25.6 Å². The molecule has 2 aromatic rings. The minimum Gasteiger partial charge on any atom is -0.493 e. The van der Waals surface area contributed by atoms with E-state index in [-0.39, 0.29) is 36.3 Å². The number of hydrogen-bond donors (Lipinski definition) is 1. The van der Waals surface area contributed by atoms with E-state index in [4.69, 9.17) is 18.6 Å². The molecule has 2 saturated heterocycles. The van der Waals surface area contributed by atoms with Gasteiger partial charge in [0.05, 0.1) is 38.5 Å². The van der Waals surface area contributed by atoms with E-state index in [2.05, 4.69) is 41.9 Å². The van der Waals surface area contributed by atoms with Crippen molar-refractivity contribution in [1.82, 2.24) is 15.1 Å². The van der Waals surface area contributed by atoms with Crippen molar-refractivity contribution in [2.24, 2.45) is 0 Å². The lowest BCUT2D eigenvalue weighted by molar-refractivity contribution is -0.137. The van der Waals surface area contributed by atoms with Crippen LogP contribution in [0.15, 0.2) is 37.3 Å². The van der Waals surface area contributed by atoms with Crippen LogP contribution in [0.25, 0.3) is 6.08 Å². The largest absolute Gasteiger partial charge is 0.493 e. The van der Waals surface area contributed by atoms with Gasteiger partial charge in [0, 0.05) is 17.6 Å². The van der Waals surface area contributed by atoms with Crippen LogP contribution >= 0.6 is 31.9 Å². The minimum absolute atomic E-state index is 0.0144. The predicted molar refractivity (Wildman–Crippen MR) is 138 cm³/mol. The molecule has 1 aromatic carbocycles. The van der Waals surface area contributed by atoms with E-state index >= 15 is 0 Å². The third-order valence-electron chi connectivity index (χ3n) is 5.70. The Morgan fingerprint density at radius 3 is 2.55 bits per heavy atom. The fourth-order valence-electron chi connectivity index (χ4n) is 3.73. The number of amides is 4. The number of nitrogens with one attached hydrogen (secondary N) is 1. The van der Waals surface area contributed by atoms with Crippen LogP contribution in [0.4, 0.5) is 4.79 Å². The van der Waals surface area contributed by atoms with Crippen molar-refractivity contribution in [3.8, 4) is 11.5 Å². The van der Waals surface area contributed by atoms with Crippen molar-refractivity contribution in [3.05, 3.63) is 49.9 Å². The van der Waals surface area contributed by atoms with Gasteiger partial charge in [-0.05, 0) is 61.7 Å². The molecular weight excluding hydrogens is 634 g/mol. The van der Waals surface area contributed by atoms with Gasteiger partial charge in [0.2, 0.25) is 5.76 Å². The van der Waals surface area contributed by atoms with Gasteiger partial charge in [0.25, 0.3) is 11.8 Å². The Morgan fingerprint density at radius 2 is 1.87 bits per heavy atom. The second-order valence-electron chi connectivity index (χ2n) is 8.04. The molecule has 4 rings (SSSR count). The highest BCUT2D eigenvalue weighted by Crippen LogP contribution is 2.43. The van der Waals surface area contributed by atoms with Gasteiger partial charge in [-0.3, -0.25) is 14.5 Å². The Bertz CT molecular complexity index is 1300. The molecule has 4 amide bonds. The maximum absolute atomic E-state index is 13.0. The number of carbonyl (C=O) groups is 4. The molecule has 0 bridgehead atoms. The maximum atomic E-state index is 13.0. The molecule has 202 valence electrons. The second kappa shape index (κ2) is 12.0. The molecule has 0 unspecified atom stereocenters. The zero-order chi connectivity index (χ0) is 27.4. The van der Waals surface area contributed by atoms with Crippen LogP contribution in [0.3, 0.4) is 0 Å². The molecule has 0 spiro atoms. The van der Waals surface area contributed by atoms with Gasteiger partial charge >= 0.3 is 12.0 Å². The number of halogens is 2. The molecular formula is C24H23Br2N3O9. The third kappa shape index (κ3) is 5.87. The Morgan fingerprint density at radius 1 is 1.13 bits per heavy atom. The average molecular weight is 657 g/mol. The fraction of sp³-hybridized carbons (Fsp3) is 0.333. The average Bonchev–Trinajstić information content (AvgIpc) is 3.50. The molecule has 1 aromatic heterocycles. The number of hydrogen-bond acceptors (Lipinski definition) is 9. The van der Waals surface area contributed by atoms with Crippen LogP contribution in [0.1, 0.15) is 21.9 Å². The van der Waals surface area contributed by atoms with Gasteiger partial charge in [-0.1, -0.05) is 0 Å². The summed E-state index contributed by atoms with van der Waals surface area (Å²) in [4.78, 5) is 52.2. The SMILES string of the molecule is COC(=O)c1ccc(CN2C(=O)N/C(=C\c3cc(OC)c(OCC(=O)N4CCOCC4)c(Br)c3Br)C2=O)o1. The fourth-order valence-corrected chi connectivity index (χ4v) is 4.68. The third-order valence-corrected chi connectivity index (χ3v) is 7.85. The number of nitrogens with zero attached hydrogens (tertiary/aromatic N) is 2. The van der Waals surface area contributed by atoms with Crippen molar-refractivity contribution in [3.63, 3.8) is 0 Å². The lowest BCUT2D eigenvalue weighted by Gasteiger charge is -2.27. The molecule has 3 heterocycles. The maximum Gasteiger partial charge on any atom is 0.373 e. The first-order valence-electron chi connectivity index (χ1n) is 11.3. The zero-order valence-electron chi connectivity index (χ0n) is 20.4. The van der Waals surface area contributed by atoms with Crippen molar-refractivity contribution in [2.75, 3.05) is 47.1 Å². The standard InChI is InChI=1S/C24H23Br2N3O9/c1-34-17-10-13(19(25)20(26)21(17)37-12-18(30)28-5-7-36-8-6-28)9-15-22(31)29(24(33)27-15)11-14-3-4-16(38-14)23(32)35-2/h3-4,9-10H,5-8,11-12H2,1-2H3,(H,27,33)/b15-9-. The van der Waals surface area contributed by atoms with Gasteiger partial charge in [-0.25, -0.2) is 9.59 Å². The summed E-state index contributed by atoms with van der Waals surface area (Å²) >= 11 is 6.94. The summed E-state index contributed by atoms with van der Waals surface area (Å²) in [6, 6.07) is 3.83. The number of rotatable bonds is 8. The molecule has 38 heavy (non-hydrogen) atoms. The number of ether oxygens (including phenoxy) is 4. The summed E-state index contributed by atoms with van der Waals surface area (Å²) < 4.78 is 27.4. The highest BCUT2D eigenvalue weighted by atomic mass is 79.9. The van der Waals surface area contributed by atoms with Gasteiger partial charge in [-0.2, -0.15) is 0 Å². The zero-order valence-corrected chi connectivity index (χ0v) is 23.5. The summed E-state index contributed by atoms with van der Waals surface area (Å²) in [6.07, 6.45) is 1.47. The number of morpholine rings is 1. The number of furan rings is 1. The number of esters is 1. The van der Waals surface area contributed by atoms with Crippen molar-refractivity contribution < 1.29 is 42.5 Å². The van der Waals surface area contributed by atoms with Crippen LogP contribution in [0.5, 0.6) is 11.5 Å². The van der Waals surface area contributed by atoms with Crippen molar-refractivity contribution >= 4 is 61.8 Å². The van der Waals surface area contributed by atoms with E-state index in [9.17, 15) is 19.2 Å². The Labute approximate surface area is 234 Å². The first-order chi connectivity index (χ1) is 18.2. The van der Waals surface area contributed by atoms with Crippen LogP contribution < -0.4 is 14.8 Å². The topological polar surface area (TPSA) is 137 Å². The quantitative estimate of drug-likeness (QED) is 0.258. The molecule has 2 fully saturated rings. The van der Waals surface area contributed by atoms with E-state index in [1.54, 1.807) is 11.0 Å². The van der Waals surface area contributed by atoms with Crippen molar-refractivity contribution in [1.29, 1.82) is 0 Å². The van der Waals surface area contributed by atoms with Crippen LogP contribution in [-0.4, -0.2) is 80.7 Å². The summed E-state index contributed by atoms with van der Waals surface area (Å²) in [5, 5.41) is 2.54. The summed E-state index contributed by atoms with van der Waals surface area (Å²) in [5.74, 6) is -0.652. The molecule has 0 radical (unpaired) electrons. The smallest absolute Gasteiger partial charge is 0.373 e. The first-order valence-corrected chi connectivity index (χ1v) is 12.9. The predicted octanol–water partition coefficient (Wildman–Crippen LogP) is 2.93. The Hall–Kier alpha value is -3.36. The lowest BCUT2D eigenvalue weighted by atomic mass is 10.1. The van der Waals surface area contributed by atoms with E-state index in [0.29, 0.717) is 52.3 Å². The van der Waals surface area contributed by atoms with E-state index in [1.165, 1.54) is 32.4 Å². The number of carbonyl (C=O) groups excluding carboxylic acids is 4. The molecule has 0 aliphatic carbocycles. The molecule has 12 nitrogen and oxygen atoms in total. The normalized spacial score (nSPS) is 16.6. The van der Waals surface area contributed by atoms with Crippen molar-refractivity contribution in [2.45, 2.75) is 6.54 Å². The van der Waals surface area contributed by atoms with Crippen LogP contribution in [0, 0.1) is 0 Å². The molecule has 14 heteroatoms. The Balaban J connectivity index is 1.51. The minimum atomic E-state index is -0.670. The van der Waals surface area contributed by atoms with Gasteiger partial charge in [0.1, 0.15) is 11.5 Å². The van der Waals surface area contributed by atoms with E-state index < -0.39 is 17.9 Å². The molecule has 1 N–H and O–H groups in total. The van der Waals surface area contributed by atoms with E-state index in [0.717, 1.165) is 4.90 Å². The number of benzene rings is 1. The number of imide groups is 1. The molecule has 2 aliphatic heterocycles. The molecule has 2 aliphatic rings. The monoisotopic (exact) mass is 655 g/mol. The molecule has 0 atom stereocenters. The number of urea groups is 1. The Kier molecular flexibility index (Phi) is 8.74. The highest BCUT2D eigenvalue weighted by molar-refractivity contribution is 9.13. The second-order valence-corrected chi connectivity index (χ2v) is 9.63. The highest BCUT2D eigenvalue weighted by Gasteiger charge is 2.35. The van der Waals surface area contributed by atoms with Gasteiger partial charge in [-0.15, -0.1) is 0 Å². The summed E-state index contributed by atoms with van der Waals surface area (Å²) in [6.45, 7) is 1.58. The van der Waals surface area contributed by atoms with E-state index in [1.807, 2.05) is 0 Å². The summed E-state index contributed by atoms with van der Waals surface area (Å²) in [7, 11) is 2.66. The first kappa shape index (κ1) is 27.7. The summed E-state index contributed by atoms with van der Waals surface area (Å²) in [5.41, 5.74) is 0.512. The van der Waals surface area contributed by atoms with Crippen LogP contribution in [0.2, 0.25) is 0 Å². The van der Waals surface area contributed by atoms with Gasteiger partial charge < -0.3 is 33.6 Å². The number of methoxy groups -OCH3 is 2. The molecule has 0 saturated carbocycles.